The van der Waals surface area contributed by atoms with Crippen LogP contribution in [0.4, 0.5) is 0 Å². The first-order chi connectivity index (χ1) is 2.27. The van der Waals surface area contributed by atoms with Gasteiger partial charge in [-0.3, -0.25) is 0 Å². The summed E-state index contributed by atoms with van der Waals surface area (Å²) in [5.74, 6) is -0.616. The Hall–Kier alpha value is 0.540. The summed E-state index contributed by atoms with van der Waals surface area (Å²) in [7, 11) is 0. The fraction of sp³-hybridized carbons (Fsp3) is 1.00. The van der Waals surface area contributed by atoms with Gasteiger partial charge in [0.1, 0.15) is 0 Å². The van der Waals surface area contributed by atoms with E-state index < -0.39 is 5.86 Å². The smallest absolute Gasteiger partial charge is 0.0448 e. The largest absolute Gasteiger partial charge is 0.329 e. The SMILES string of the molecule is Cl.[3H]C(Cl)CN. The van der Waals surface area contributed by atoms with Crippen LogP contribution in [0.15, 0.2) is 0 Å². The first-order valence-corrected chi connectivity index (χ1v) is 1.47. The molecule has 0 saturated carbocycles. The summed E-state index contributed by atoms with van der Waals surface area (Å²) in [6, 6.07) is 0. The fourth-order valence-electron chi connectivity index (χ4n) is 0. The molecule has 5 heavy (non-hydrogen) atoms. The van der Waals surface area contributed by atoms with Crippen molar-refractivity contribution >= 4 is 24.0 Å². The van der Waals surface area contributed by atoms with Gasteiger partial charge < -0.3 is 5.73 Å². The number of nitrogens with two attached hydrogens (primary N) is 1. The van der Waals surface area contributed by atoms with E-state index >= 15 is 0 Å². The summed E-state index contributed by atoms with van der Waals surface area (Å²) in [4.78, 5) is 0. The predicted octanol–water partition coefficient (Wildman–Crippen LogP) is 0.606. The van der Waals surface area contributed by atoms with Crippen LogP contribution in [0.25, 0.3) is 0 Å². The highest BCUT2D eigenvalue weighted by atomic mass is 35.5. The van der Waals surface area contributed by atoms with E-state index in [0.717, 1.165) is 0 Å². The maximum atomic E-state index is 6.47. The van der Waals surface area contributed by atoms with Crippen LogP contribution in [0.5, 0.6) is 0 Å². The van der Waals surface area contributed by atoms with Crippen LogP contribution in [-0.2, 0) is 0 Å². The molecule has 0 heterocycles. The summed E-state index contributed by atoms with van der Waals surface area (Å²) in [5, 5.41) is 0. The van der Waals surface area contributed by atoms with Crippen LogP contribution in [0.1, 0.15) is 1.37 Å². The van der Waals surface area contributed by atoms with E-state index in [-0.39, 0.29) is 19.0 Å². The van der Waals surface area contributed by atoms with Crippen LogP contribution < -0.4 is 5.73 Å². The van der Waals surface area contributed by atoms with Crippen molar-refractivity contribution in [1.29, 1.82) is 0 Å². The molecular formula is C2H7Cl2N. The summed E-state index contributed by atoms with van der Waals surface area (Å²) in [5.41, 5.74) is 4.85. The van der Waals surface area contributed by atoms with Gasteiger partial charge in [-0.1, -0.05) is 0 Å². The molecule has 0 aromatic rings. The zero-order valence-electron chi connectivity index (χ0n) is 3.65. The molecule has 1 nitrogen and oxygen atoms in total. The molecule has 1 atom stereocenters. The van der Waals surface area contributed by atoms with Gasteiger partial charge in [0.2, 0.25) is 0 Å². The first-order valence-electron chi connectivity index (χ1n) is 1.61. The van der Waals surface area contributed by atoms with Gasteiger partial charge in [0.25, 0.3) is 0 Å². The fourth-order valence-corrected chi connectivity index (χ4v) is 0. The van der Waals surface area contributed by atoms with Crippen molar-refractivity contribution in [3.05, 3.63) is 0 Å². The van der Waals surface area contributed by atoms with E-state index in [1.54, 1.807) is 0 Å². The minimum Gasteiger partial charge on any atom is -0.329 e. The second kappa shape index (κ2) is 8.82. The Bertz CT molecular complexity index is 25.5. The summed E-state index contributed by atoms with van der Waals surface area (Å²) in [6.07, 6.45) is 0. The molecule has 3 heteroatoms. The van der Waals surface area contributed by atoms with Gasteiger partial charge in [0, 0.05) is 13.8 Å². The molecule has 34 valence electrons. The zero-order valence-corrected chi connectivity index (χ0v) is 4.22. The average molecular weight is 118 g/mol. The number of hydrogen-bond acceptors (Lipinski definition) is 1. The van der Waals surface area contributed by atoms with Crippen LogP contribution in [0.3, 0.4) is 0 Å². The standard InChI is InChI=1S/C2H6ClN.ClH/c3-1-2-4;/h1-2,4H2;1H/i1T;. The van der Waals surface area contributed by atoms with E-state index in [0.29, 0.717) is 0 Å². The molecule has 0 aliphatic rings. The van der Waals surface area contributed by atoms with Crippen molar-refractivity contribution in [3.63, 3.8) is 0 Å². The lowest BCUT2D eigenvalue weighted by Crippen LogP contribution is -1.97. The monoisotopic (exact) mass is 117 g/mol. The molecule has 0 aliphatic heterocycles. The highest BCUT2D eigenvalue weighted by Gasteiger charge is 1.58. The van der Waals surface area contributed by atoms with Crippen molar-refractivity contribution in [2.24, 2.45) is 5.73 Å². The van der Waals surface area contributed by atoms with E-state index in [1.807, 2.05) is 0 Å². The molecule has 0 saturated heterocycles. The highest BCUT2D eigenvalue weighted by molar-refractivity contribution is 6.18. The molecule has 0 aromatic heterocycles. The molecule has 0 fully saturated rings. The van der Waals surface area contributed by atoms with Gasteiger partial charge in [0.05, 0.1) is 0 Å². The molecule has 0 aromatic carbocycles. The van der Waals surface area contributed by atoms with E-state index in [1.165, 1.54) is 0 Å². The zero-order chi connectivity index (χ0) is 4.28. The lowest BCUT2D eigenvalue weighted by molar-refractivity contribution is 1.14. The first kappa shape index (κ1) is 5.54. The van der Waals surface area contributed by atoms with Gasteiger partial charge in [-0.05, 0) is 0 Å². The van der Waals surface area contributed by atoms with Gasteiger partial charge >= 0.3 is 0 Å². The molecule has 0 spiro atoms. The normalized spacial score (nSPS) is 15.2. The third-order valence-corrected chi connectivity index (χ3v) is 0.267. The Balaban J connectivity index is 0. The highest BCUT2D eigenvalue weighted by Crippen LogP contribution is 1.60. The van der Waals surface area contributed by atoms with Gasteiger partial charge in [-0.2, -0.15) is 0 Å². The molecule has 1 unspecified atom stereocenters. The minimum atomic E-state index is -0.616. The number of hydrogen-bond donors (Lipinski definition) is 1. The van der Waals surface area contributed by atoms with Gasteiger partial charge in [-0.25, -0.2) is 0 Å². The minimum absolute atomic E-state index is 0. The lowest BCUT2D eigenvalue weighted by atomic mass is 10.8. The van der Waals surface area contributed by atoms with Crippen molar-refractivity contribution in [2.45, 2.75) is 0 Å². The molecule has 0 rings (SSSR count). The number of alkyl halides is 1. The molecule has 0 bridgehead atoms. The summed E-state index contributed by atoms with van der Waals surface area (Å²) >= 11 is 5.00. The maximum absolute atomic E-state index is 6.47. The third kappa shape index (κ3) is 12.4. The quantitative estimate of drug-likeness (QED) is 0.501. The molecule has 0 radical (unpaired) electrons. The summed E-state index contributed by atoms with van der Waals surface area (Å²) in [6.45, 7) is 0.238. The van der Waals surface area contributed by atoms with Crippen LogP contribution >= 0.6 is 24.0 Å². The number of rotatable bonds is 1. The Morgan fingerprint density at radius 3 is 2.20 bits per heavy atom. The van der Waals surface area contributed by atoms with Crippen LogP contribution in [0.2, 0.25) is 0 Å². The second-order valence-electron chi connectivity index (χ2n) is 0.390. The molecule has 0 aliphatic carbocycles. The van der Waals surface area contributed by atoms with E-state index in [9.17, 15) is 0 Å². The number of halogens is 2. The lowest BCUT2D eigenvalue weighted by Gasteiger charge is -1.68. The van der Waals surface area contributed by atoms with E-state index in [4.69, 9.17) is 18.7 Å². The Morgan fingerprint density at radius 2 is 2.20 bits per heavy atom. The van der Waals surface area contributed by atoms with Gasteiger partial charge in [0.15, 0.2) is 0 Å². The molecule has 0 amide bonds. The van der Waals surface area contributed by atoms with Crippen LogP contribution in [0, 0.1) is 0 Å². The molecule has 2 N–H and O–H groups in total. The maximum Gasteiger partial charge on any atom is 0.0448 e. The van der Waals surface area contributed by atoms with Gasteiger partial charge in [-0.15, -0.1) is 24.0 Å². The Morgan fingerprint density at radius 1 is 2.00 bits per heavy atom. The van der Waals surface area contributed by atoms with Crippen molar-refractivity contribution in [3.8, 4) is 0 Å². The Labute approximate surface area is 44.3 Å². The second-order valence-corrected chi connectivity index (χ2v) is 0.699. The average Bonchev–Trinajstić information content (AvgIpc) is 1.38. The van der Waals surface area contributed by atoms with Crippen LogP contribution in [-0.4, -0.2) is 12.4 Å². The Kier molecular flexibility index (Phi) is 9.77. The van der Waals surface area contributed by atoms with E-state index in [2.05, 4.69) is 0 Å². The van der Waals surface area contributed by atoms with Crippen molar-refractivity contribution in [2.75, 3.05) is 12.4 Å². The molecular weight excluding hydrogens is 109 g/mol. The predicted molar refractivity (Wildman–Crippen MR) is 27.0 cm³/mol. The third-order valence-electron chi connectivity index (χ3n) is 0.0891. The van der Waals surface area contributed by atoms with Crippen molar-refractivity contribution < 1.29 is 1.37 Å². The summed E-state index contributed by atoms with van der Waals surface area (Å²) < 4.78 is 6.47. The topological polar surface area (TPSA) is 26.0 Å². The van der Waals surface area contributed by atoms with Crippen molar-refractivity contribution in [1.82, 2.24) is 0 Å².